The maximum absolute atomic E-state index is 5.95. The Morgan fingerprint density at radius 2 is 2.38 bits per heavy atom. The Bertz CT molecular complexity index is 376. The molecule has 16 heavy (non-hydrogen) atoms. The molecule has 2 N–H and O–H groups in total. The lowest BCUT2D eigenvalue weighted by atomic mass is 10.1. The molecule has 0 spiro atoms. The monoisotopic (exact) mass is 241 g/mol. The second-order valence-corrected chi connectivity index (χ2v) is 4.59. The fourth-order valence-electron chi connectivity index (χ4n) is 1.76. The summed E-state index contributed by atoms with van der Waals surface area (Å²) in [5.41, 5.74) is 7.31. The van der Waals surface area contributed by atoms with E-state index in [2.05, 4.69) is 0 Å². The van der Waals surface area contributed by atoms with Crippen molar-refractivity contribution >= 4 is 17.3 Å². The van der Waals surface area contributed by atoms with Gasteiger partial charge in [-0.3, -0.25) is 0 Å². The van der Waals surface area contributed by atoms with E-state index in [0.717, 1.165) is 30.9 Å². The minimum absolute atomic E-state index is 0.496. The summed E-state index contributed by atoms with van der Waals surface area (Å²) in [5.74, 6) is 1.31. The first-order valence-electron chi connectivity index (χ1n) is 5.43. The molecule has 1 fully saturated rings. The largest absolute Gasteiger partial charge is 0.493 e. The van der Waals surface area contributed by atoms with Gasteiger partial charge in [0.05, 0.1) is 23.9 Å². The van der Waals surface area contributed by atoms with Gasteiger partial charge in [-0.2, -0.15) is 0 Å². The van der Waals surface area contributed by atoms with E-state index < -0.39 is 0 Å². The van der Waals surface area contributed by atoms with Crippen molar-refractivity contribution in [1.82, 2.24) is 0 Å². The van der Waals surface area contributed by atoms with Crippen LogP contribution in [0.3, 0.4) is 0 Å². The highest BCUT2D eigenvalue weighted by atomic mass is 35.5. The second-order valence-electron chi connectivity index (χ2n) is 4.18. The molecule has 1 aliphatic rings. The van der Waals surface area contributed by atoms with Crippen LogP contribution >= 0.6 is 11.6 Å². The third-order valence-electron chi connectivity index (χ3n) is 2.79. The van der Waals surface area contributed by atoms with Gasteiger partial charge >= 0.3 is 0 Å². The molecule has 1 aliphatic heterocycles. The van der Waals surface area contributed by atoms with Crippen molar-refractivity contribution in [1.29, 1.82) is 0 Å². The highest BCUT2D eigenvalue weighted by molar-refractivity contribution is 6.33. The summed E-state index contributed by atoms with van der Waals surface area (Å²) >= 11 is 5.95. The molecule has 0 aliphatic carbocycles. The number of hydrogen-bond acceptors (Lipinski definition) is 3. The zero-order valence-corrected chi connectivity index (χ0v) is 10.1. The number of aryl methyl sites for hydroxylation is 1. The van der Waals surface area contributed by atoms with Gasteiger partial charge < -0.3 is 15.2 Å². The van der Waals surface area contributed by atoms with E-state index in [4.69, 9.17) is 26.8 Å². The van der Waals surface area contributed by atoms with E-state index in [1.165, 1.54) is 0 Å². The number of hydrogen-bond donors (Lipinski definition) is 1. The van der Waals surface area contributed by atoms with Gasteiger partial charge in [0, 0.05) is 18.6 Å². The van der Waals surface area contributed by atoms with E-state index in [-0.39, 0.29) is 0 Å². The van der Waals surface area contributed by atoms with Gasteiger partial charge in [-0.1, -0.05) is 11.6 Å². The van der Waals surface area contributed by atoms with E-state index in [1.807, 2.05) is 13.0 Å². The van der Waals surface area contributed by atoms with Crippen LogP contribution in [-0.4, -0.2) is 19.8 Å². The van der Waals surface area contributed by atoms with Crippen LogP contribution in [0.1, 0.15) is 12.0 Å². The quantitative estimate of drug-likeness (QED) is 0.828. The summed E-state index contributed by atoms with van der Waals surface area (Å²) < 4.78 is 11.0. The molecule has 0 saturated carbocycles. The van der Waals surface area contributed by atoms with E-state index in [0.29, 0.717) is 23.2 Å². The number of nitrogens with two attached hydrogens (primary N) is 1. The van der Waals surface area contributed by atoms with Crippen LogP contribution < -0.4 is 10.5 Å². The van der Waals surface area contributed by atoms with Gasteiger partial charge in [0.15, 0.2) is 0 Å². The predicted molar refractivity (Wildman–Crippen MR) is 65.0 cm³/mol. The van der Waals surface area contributed by atoms with Gasteiger partial charge in [-0.15, -0.1) is 0 Å². The summed E-state index contributed by atoms with van der Waals surface area (Å²) in [7, 11) is 0. The number of benzene rings is 1. The second kappa shape index (κ2) is 4.93. The average molecular weight is 242 g/mol. The Hall–Kier alpha value is -0.930. The highest BCUT2D eigenvalue weighted by Gasteiger charge is 2.16. The normalized spacial score (nSPS) is 20.0. The topological polar surface area (TPSA) is 44.5 Å². The Kier molecular flexibility index (Phi) is 3.56. The lowest BCUT2D eigenvalue weighted by molar-refractivity contribution is 0.167. The molecule has 0 radical (unpaired) electrons. The molecule has 0 bridgehead atoms. The molecule has 0 amide bonds. The third-order valence-corrected chi connectivity index (χ3v) is 3.12. The Morgan fingerprint density at radius 1 is 1.56 bits per heavy atom. The number of rotatable bonds is 3. The molecule has 0 aromatic heterocycles. The van der Waals surface area contributed by atoms with E-state index >= 15 is 0 Å². The zero-order chi connectivity index (χ0) is 11.5. The molecule has 1 aromatic carbocycles. The lowest BCUT2D eigenvalue weighted by Gasteiger charge is -2.13. The average Bonchev–Trinajstić information content (AvgIpc) is 2.74. The summed E-state index contributed by atoms with van der Waals surface area (Å²) in [4.78, 5) is 0. The fourth-order valence-corrected chi connectivity index (χ4v) is 1.92. The molecular formula is C12H16ClNO2. The number of nitrogen functional groups attached to an aromatic ring is 1. The fraction of sp³-hybridized carbons (Fsp3) is 0.500. The minimum Gasteiger partial charge on any atom is -0.493 e. The van der Waals surface area contributed by atoms with Gasteiger partial charge in [0.1, 0.15) is 5.75 Å². The van der Waals surface area contributed by atoms with Crippen molar-refractivity contribution in [3.63, 3.8) is 0 Å². The lowest BCUT2D eigenvalue weighted by Crippen LogP contribution is -2.12. The van der Waals surface area contributed by atoms with Gasteiger partial charge in [-0.25, -0.2) is 0 Å². The van der Waals surface area contributed by atoms with Crippen LogP contribution in [-0.2, 0) is 4.74 Å². The predicted octanol–water partition coefficient (Wildman–Crippen LogP) is 2.65. The summed E-state index contributed by atoms with van der Waals surface area (Å²) in [5, 5.41) is 0.545. The maximum atomic E-state index is 5.95. The molecule has 1 heterocycles. The number of anilines is 1. The Labute approximate surface area is 100 Å². The van der Waals surface area contributed by atoms with Crippen molar-refractivity contribution in [2.75, 3.05) is 25.6 Å². The third kappa shape index (κ3) is 2.60. The first-order chi connectivity index (χ1) is 7.66. The summed E-state index contributed by atoms with van der Waals surface area (Å²) in [6.45, 7) is 4.28. The molecule has 1 aromatic rings. The smallest absolute Gasteiger partial charge is 0.123 e. The van der Waals surface area contributed by atoms with Crippen molar-refractivity contribution in [3.05, 3.63) is 22.7 Å². The van der Waals surface area contributed by atoms with Crippen LogP contribution in [0.4, 0.5) is 5.69 Å². The molecule has 1 atom stereocenters. The van der Waals surface area contributed by atoms with Gasteiger partial charge in [0.2, 0.25) is 0 Å². The summed E-state index contributed by atoms with van der Waals surface area (Å²) in [6, 6.07) is 3.62. The van der Waals surface area contributed by atoms with Crippen molar-refractivity contribution in [3.8, 4) is 5.75 Å². The minimum atomic E-state index is 0.496. The molecule has 1 unspecified atom stereocenters. The molecular weight excluding hydrogens is 226 g/mol. The van der Waals surface area contributed by atoms with Gasteiger partial charge in [-0.05, 0) is 25.0 Å². The van der Waals surface area contributed by atoms with Crippen LogP contribution in [0, 0.1) is 12.8 Å². The maximum Gasteiger partial charge on any atom is 0.123 e. The molecule has 1 saturated heterocycles. The SMILES string of the molecule is Cc1cc(N)c(Cl)cc1OCC1CCOC1. The van der Waals surface area contributed by atoms with Crippen LogP contribution in [0.25, 0.3) is 0 Å². The van der Waals surface area contributed by atoms with E-state index in [1.54, 1.807) is 6.07 Å². The molecule has 3 nitrogen and oxygen atoms in total. The summed E-state index contributed by atoms with van der Waals surface area (Å²) in [6.07, 6.45) is 1.07. The van der Waals surface area contributed by atoms with Crippen LogP contribution in [0.2, 0.25) is 5.02 Å². The first kappa shape index (κ1) is 11.6. The number of ether oxygens (including phenoxy) is 2. The standard InChI is InChI=1S/C12H16ClNO2/c1-8-4-11(14)10(13)5-12(8)16-7-9-2-3-15-6-9/h4-5,9H,2-3,6-7,14H2,1H3. The van der Waals surface area contributed by atoms with Crippen LogP contribution in [0.5, 0.6) is 5.75 Å². The van der Waals surface area contributed by atoms with Crippen LogP contribution in [0.15, 0.2) is 12.1 Å². The van der Waals surface area contributed by atoms with Gasteiger partial charge in [0.25, 0.3) is 0 Å². The highest BCUT2D eigenvalue weighted by Crippen LogP contribution is 2.29. The number of halogens is 1. The van der Waals surface area contributed by atoms with Crippen molar-refractivity contribution in [2.24, 2.45) is 5.92 Å². The van der Waals surface area contributed by atoms with Crippen molar-refractivity contribution < 1.29 is 9.47 Å². The Balaban J connectivity index is 2.00. The molecule has 2 rings (SSSR count). The molecule has 4 heteroatoms. The van der Waals surface area contributed by atoms with Crippen molar-refractivity contribution in [2.45, 2.75) is 13.3 Å². The Morgan fingerprint density at radius 3 is 3.06 bits per heavy atom. The zero-order valence-electron chi connectivity index (χ0n) is 9.33. The van der Waals surface area contributed by atoms with E-state index in [9.17, 15) is 0 Å². The first-order valence-corrected chi connectivity index (χ1v) is 5.81. The molecule has 88 valence electrons.